The van der Waals surface area contributed by atoms with Crippen molar-refractivity contribution in [2.24, 2.45) is 0 Å². The van der Waals surface area contributed by atoms with Gasteiger partial charge in [-0.25, -0.2) is 14.4 Å². The highest BCUT2D eigenvalue weighted by Crippen LogP contribution is 2.27. The number of hydrogen-bond acceptors (Lipinski definition) is 7. The summed E-state index contributed by atoms with van der Waals surface area (Å²) in [6.07, 6.45) is 1.66. The van der Waals surface area contributed by atoms with Gasteiger partial charge in [-0.3, -0.25) is 9.78 Å². The summed E-state index contributed by atoms with van der Waals surface area (Å²) in [4.78, 5) is 28.7. The van der Waals surface area contributed by atoms with Crippen LogP contribution in [0.3, 0.4) is 0 Å². The molecule has 1 aliphatic rings. The monoisotopic (exact) mass is 553 g/mol. The van der Waals surface area contributed by atoms with Crippen LogP contribution >= 0.6 is 11.8 Å². The average Bonchev–Trinajstić information content (AvgIpc) is 2.90. The maximum absolute atomic E-state index is 14.6. The molecule has 0 spiro atoms. The molecule has 39 heavy (non-hydrogen) atoms. The third kappa shape index (κ3) is 6.66. The number of halogens is 3. The topological polar surface area (TPSA) is 80.2 Å². The van der Waals surface area contributed by atoms with Gasteiger partial charge in [0, 0.05) is 47.3 Å². The fraction of sp³-hybridized carbons (Fsp3) is 0.286. The minimum absolute atomic E-state index is 0.00735. The van der Waals surface area contributed by atoms with Gasteiger partial charge in [0.2, 0.25) is 0 Å². The van der Waals surface area contributed by atoms with E-state index in [1.807, 2.05) is 24.8 Å². The van der Waals surface area contributed by atoms with Crippen LogP contribution in [0.15, 0.2) is 65.7 Å². The van der Waals surface area contributed by atoms with Gasteiger partial charge in [0.05, 0.1) is 41.4 Å². The highest BCUT2D eigenvalue weighted by atomic mass is 32.2. The maximum Gasteiger partial charge on any atom is 0.288 e. The van der Waals surface area contributed by atoms with Crippen LogP contribution in [-0.2, 0) is 11.3 Å². The second-order valence-corrected chi connectivity index (χ2v) is 10.4. The van der Waals surface area contributed by atoms with Crippen LogP contribution in [0.5, 0.6) is 0 Å². The molecule has 5 rings (SSSR count). The number of carbonyl (C=O) groups is 1. The van der Waals surface area contributed by atoms with Crippen molar-refractivity contribution in [3.63, 3.8) is 0 Å². The van der Waals surface area contributed by atoms with Crippen molar-refractivity contribution in [3.8, 4) is 11.4 Å². The van der Waals surface area contributed by atoms with Crippen molar-refractivity contribution < 1.29 is 22.7 Å². The number of amides is 1. The fourth-order valence-electron chi connectivity index (χ4n) is 4.53. The number of morpholine rings is 1. The van der Waals surface area contributed by atoms with Gasteiger partial charge in [0.25, 0.3) is 11.7 Å². The Bertz CT molecular complexity index is 1500. The molecule has 11 heteroatoms. The van der Waals surface area contributed by atoms with Crippen molar-refractivity contribution in [2.75, 3.05) is 18.0 Å². The van der Waals surface area contributed by atoms with Crippen LogP contribution in [0, 0.1) is 5.82 Å². The molecule has 7 nitrogen and oxygen atoms in total. The highest BCUT2D eigenvalue weighted by molar-refractivity contribution is 7.99. The van der Waals surface area contributed by atoms with Gasteiger partial charge in [0.1, 0.15) is 11.6 Å². The zero-order chi connectivity index (χ0) is 27.5. The highest BCUT2D eigenvalue weighted by Gasteiger charge is 2.24. The minimum Gasteiger partial charge on any atom is -0.372 e. The Kier molecular flexibility index (Phi) is 7.99. The zero-order valence-corrected chi connectivity index (χ0v) is 22.1. The second kappa shape index (κ2) is 11.6. The molecule has 2 unspecified atom stereocenters. The van der Waals surface area contributed by atoms with E-state index in [1.165, 1.54) is 24.3 Å². The molecule has 1 amide bonds. The molecule has 4 heterocycles. The largest absolute Gasteiger partial charge is 0.372 e. The van der Waals surface area contributed by atoms with E-state index in [2.05, 4.69) is 15.3 Å². The lowest BCUT2D eigenvalue weighted by Gasteiger charge is -2.36. The molecule has 1 saturated heterocycles. The van der Waals surface area contributed by atoms with Crippen LogP contribution in [0.2, 0.25) is 0 Å². The summed E-state index contributed by atoms with van der Waals surface area (Å²) in [6.45, 7) is 5.29. The summed E-state index contributed by atoms with van der Waals surface area (Å²) in [6, 6.07) is 14.2. The van der Waals surface area contributed by atoms with E-state index < -0.39 is 17.5 Å². The lowest BCUT2D eigenvalue weighted by Crippen LogP contribution is -2.45. The predicted octanol–water partition coefficient (Wildman–Crippen LogP) is 5.69. The quantitative estimate of drug-likeness (QED) is 0.295. The number of thioether (sulfide) groups is 1. The molecule has 0 saturated carbocycles. The third-order valence-corrected chi connectivity index (χ3v) is 6.87. The first-order valence-electron chi connectivity index (χ1n) is 12.4. The summed E-state index contributed by atoms with van der Waals surface area (Å²) >= 11 is 0.384. The number of rotatable bonds is 7. The first-order valence-corrected chi connectivity index (χ1v) is 13.3. The van der Waals surface area contributed by atoms with E-state index in [1.54, 1.807) is 30.5 Å². The van der Waals surface area contributed by atoms with Crippen molar-refractivity contribution in [1.82, 2.24) is 20.3 Å². The molecule has 0 aliphatic carbocycles. The third-order valence-electron chi connectivity index (χ3n) is 6.16. The van der Waals surface area contributed by atoms with Crippen molar-refractivity contribution in [1.29, 1.82) is 0 Å². The number of benzene rings is 1. The molecule has 0 radical (unpaired) electrons. The van der Waals surface area contributed by atoms with Crippen LogP contribution < -0.4 is 10.2 Å². The Balaban J connectivity index is 1.34. The molecule has 1 aromatic carbocycles. The fourth-order valence-corrected chi connectivity index (χ4v) is 5.08. The second-order valence-electron chi connectivity index (χ2n) is 9.34. The first kappa shape index (κ1) is 26.9. The zero-order valence-electron chi connectivity index (χ0n) is 21.3. The summed E-state index contributed by atoms with van der Waals surface area (Å²) < 4.78 is 45.7. The molecular weight excluding hydrogens is 527 g/mol. The Morgan fingerprint density at radius 2 is 1.87 bits per heavy atom. The van der Waals surface area contributed by atoms with Crippen molar-refractivity contribution in [2.45, 2.75) is 43.3 Å². The van der Waals surface area contributed by atoms with Crippen LogP contribution in [0.25, 0.3) is 22.3 Å². The lowest BCUT2D eigenvalue weighted by molar-refractivity contribution is -0.00547. The van der Waals surface area contributed by atoms with Gasteiger partial charge in [0.15, 0.2) is 0 Å². The molecule has 4 aromatic rings. The first-order chi connectivity index (χ1) is 18.7. The Hall–Kier alpha value is -3.70. The maximum atomic E-state index is 14.6. The molecule has 1 aliphatic heterocycles. The van der Waals surface area contributed by atoms with Gasteiger partial charge >= 0.3 is 0 Å². The van der Waals surface area contributed by atoms with Crippen LogP contribution in [0.1, 0.15) is 29.9 Å². The van der Waals surface area contributed by atoms with Crippen LogP contribution in [-0.4, -0.2) is 51.9 Å². The van der Waals surface area contributed by atoms with Crippen LogP contribution in [0.4, 0.5) is 19.0 Å². The molecule has 3 aromatic heterocycles. The molecule has 2 atom stereocenters. The molecule has 0 bridgehead atoms. The summed E-state index contributed by atoms with van der Waals surface area (Å²) in [7, 11) is 0. The number of aromatic nitrogens is 3. The number of nitrogens with one attached hydrogen (secondary N) is 1. The predicted molar refractivity (Wildman–Crippen MR) is 144 cm³/mol. The van der Waals surface area contributed by atoms with Gasteiger partial charge < -0.3 is 15.0 Å². The standard InChI is InChI=1S/C28H26F3N5O2S/c1-16-14-36(15-17(2)38-16)26-10-20(29)9-25(35-26)23-7-6-19-12-32-21(11-24(19)34-23)13-33-27(37)18-4-3-5-22(8-18)39-28(30)31/h3-12,16-17,28H,13-15H2,1-2H3,(H,33,37). The number of pyridine rings is 3. The normalized spacial score (nSPS) is 17.5. The molecule has 1 N–H and O–H groups in total. The van der Waals surface area contributed by atoms with Gasteiger partial charge in [-0.2, -0.15) is 8.78 Å². The number of nitrogens with zero attached hydrogens (tertiary/aromatic N) is 4. The van der Waals surface area contributed by atoms with Gasteiger partial charge in [-0.15, -0.1) is 0 Å². The van der Waals surface area contributed by atoms with E-state index in [0.29, 0.717) is 58.2 Å². The smallest absolute Gasteiger partial charge is 0.288 e. The Morgan fingerprint density at radius 3 is 2.64 bits per heavy atom. The molecular formula is C28H26F3N5O2S. The lowest BCUT2D eigenvalue weighted by atomic mass is 10.1. The number of fused-ring (bicyclic) bond motifs is 1. The summed E-state index contributed by atoms with van der Waals surface area (Å²) in [5.74, 6) is -2.84. The van der Waals surface area contributed by atoms with Gasteiger partial charge in [-0.05, 0) is 50.2 Å². The average molecular weight is 554 g/mol. The number of carbonyl (C=O) groups excluding carboxylic acids is 1. The minimum atomic E-state index is -2.57. The van der Waals surface area contributed by atoms with Crippen molar-refractivity contribution in [3.05, 3.63) is 77.9 Å². The number of ether oxygens (including phenoxy) is 1. The summed E-state index contributed by atoms with van der Waals surface area (Å²) in [5.41, 5.74) is 2.36. The van der Waals surface area contributed by atoms with Crippen molar-refractivity contribution >= 4 is 34.4 Å². The molecule has 1 fully saturated rings. The Labute approximate surface area is 227 Å². The van der Waals surface area contributed by atoms with E-state index in [9.17, 15) is 18.0 Å². The number of anilines is 1. The summed E-state index contributed by atoms with van der Waals surface area (Å²) in [5, 5.41) is 3.54. The van der Waals surface area contributed by atoms with E-state index in [-0.39, 0.29) is 24.3 Å². The number of hydrogen-bond donors (Lipinski definition) is 1. The Morgan fingerprint density at radius 1 is 1.08 bits per heavy atom. The SMILES string of the molecule is CC1CN(c2cc(F)cc(-c3ccc4cnc(CNC(=O)c5cccc(SC(F)F)c5)cc4n3)n2)CC(C)O1. The van der Waals surface area contributed by atoms with Gasteiger partial charge in [-0.1, -0.05) is 17.8 Å². The van der Waals surface area contributed by atoms with E-state index in [4.69, 9.17) is 9.72 Å². The molecule has 202 valence electrons. The number of alkyl halides is 2. The van der Waals surface area contributed by atoms with E-state index in [0.717, 1.165) is 5.39 Å². The van der Waals surface area contributed by atoms with E-state index >= 15 is 0 Å².